The van der Waals surface area contributed by atoms with E-state index >= 15 is 0 Å². The lowest BCUT2D eigenvalue weighted by atomic mass is 9.87. The third-order valence-electron chi connectivity index (χ3n) is 6.21. The van der Waals surface area contributed by atoms with Crippen LogP contribution in [0.1, 0.15) is 45.9 Å². The van der Waals surface area contributed by atoms with Crippen molar-refractivity contribution in [3.05, 3.63) is 52.4 Å². The molecule has 0 saturated carbocycles. The summed E-state index contributed by atoms with van der Waals surface area (Å²) < 4.78 is 5.11. The summed E-state index contributed by atoms with van der Waals surface area (Å²) in [6.45, 7) is 6.86. The largest absolute Gasteiger partial charge is 0.391 e. The summed E-state index contributed by atoms with van der Waals surface area (Å²) in [5.41, 5.74) is 2.94. The maximum absolute atomic E-state index is 13.0. The molecule has 1 aromatic carbocycles. The van der Waals surface area contributed by atoms with E-state index in [9.17, 15) is 14.7 Å². The van der Waals surface area contributed by atoms with Crippen LogP contribution in [-0.2, 0) is 11.4 Å². The minimum Gasteiger partial charge on any atom is -0.391 e. The second-order valence-corrected chi connectivity index (χ2v) is 7.83. The third-order valence-corrected chi connectivity index (χ3v) is 6.21. The van der Waals surface area contributed by atoms with E-state index in [1.165, 1.54) is 0 Å². The van der Waals surface area contributed by atoms with Crippen LogP contribution in [0.25, 0.3) is 0 Å². The predicted octanol–water partition coefficient (Wildman–Crippen LogP) is 2.08. The van der Waals surface area contributed by atoms with Gasteiger partial charge in [-0.2, -0.15) is 0 Å². The molecule has 1 N–H and O–H groups in total. The first-order valence-corrected chi connectivity index (χ1v) is 9.60. The Bertz CT molecular complexity index is 922. The highest BCUT2D eigenvalue weighted by molar-refractivity contribution is 5.94. The number of aryl methyl sites for hydroxylation is 2. The van der Waals surface area contributed by atoms with Gasteiger partial charge in [0.25, 0.3) is 5.91 Å². The van der Waals surface area contributed by atoms with Gasteiger partial charge >= 0.3 is 0 Å². The number of aliphatic hydroxyl groups is 1. The van der Waals surface area contributed by atoms with E-state index in [2.05, 4.69) is 24.2 Å². The van der Waals surface area contributed by atoms with Gasteiger partial charge in [0.2, 0.25) is 5.91 Å². The molecule has 0 bridgehead atoms. The Morgan fingerprint density at radius 3 is 2.64 bits per heavy atom. The molecule has 2 saturated heterocycles. The van der Waals surface area contributed by atoms with Crippen molar-refractivity contribution in [2.45, 2.75) is 33.4 Å². The van der Waals surface area contributed by atoms with Crippen LogP contribution < -0.4 is 0 Å². The molecule has 0 unspecified atom stereocenters. The van der Waals surface area contributed by atoms with E-state index in [0.717, 1.165) is 11.1 Å². The fourth-order valence-electron chi connectivity index (χ4n) is 4.75. The molecule has 1 aromatic heterocycles. The molecule has 4 rings (SSSR count). The number of nitrogens with zero attached hydrogens (tertiary/aromatic N) is 3. The van der Waals surface area contributed by atoms with E-state index < -0.39 is 0 Å². The Morgan fingerprint density at radius 2 is 1.96 bits per heavy atom. The number of fused-ring (bicyclic) bond motifs is 1. The molecule has 0 aliphatic carbocycles. The number of carbonyl (C=O) groups excluding carboxylic acids is 2. The first-order chi connectivity index (χ1) is 13.4. The van der Waals surface area contributed by atoms with Gasteiger partial charge in [-0.3, -0.25) is 9.59 Å². The second kappa shape index (κ2) is 7.05. The summed E-state index contributed by atoms with van der Waals surface area (Å²) in [6.07, 6.45) is 0. The smallest absolute Gasteiger partial charge is 0.276 e. The highest BCUT2D eigenvalue weighted by atomic mass is 16.5. The van der Waals surface area contributed by atoms with Gasteiger partial charge in [-0.25, -0.2) is 0 Å². The Kier molecular flexibility index (Phi) is 4.71. The molecule has 7 heteroatoms. The van der Waals surface area contributed by atoms with Gasteiger partial charge in [-0.1, -0.05) is 29.4 Å². The van der Waals surface area contributed by atoms with Crippen LogP contribution >= 0.6 is 0 Å². The number of hydrogen-bond acceptors (Lipinski definition) is 5. The van der Waals surface area contributed by atoms with Crippen molar-refractivity contribution in [3.63, 3.8) is 0 Å². The van der Waals surface area contributed by atoms with Gasteiger partial charge in [0, 0.05) is 38.4 Å². The van der Waals surface area contributed by atoms with Crippen LogP contribution in [0.4, 0.5) is 0 Å². The molecule has 3 atom stereocenters. The van der Waals surface area contributed by atoms with Crippen molar-refractivity contribution >= 4 is 11.8 Å². The monoisotopic (exact) mass is 383 g/mol. The molecule has 0 spiro atoms. The Balaban J connectivity index is 1.62. The highest BCUT2D eigenvalue weighted by Gasteiger charge is 2.50. The van der Waals surface area contributed by atoms with Crippen molar-refractivity contribution < 1.29 is 19.2 Å². The maximum atomic E-state index is 13.0. The second-order valence-electron chi connectivity index (χ2n) is 7.83. The first-order valence-electron chi connectivity index (χ1n) is 9.60. The standard InChI is InChI=1S/C21H25N3O4/c1-12-6-4-5-7-16(12)20-17-10-23(8-15(17)9-24(20)14(3)26)21(27)19-18(11-25)13(2)28-22-19/h4-7,15,17,20,25H,8-11H2,1-3H3/t15-,17-,20+/m1/s1. The van der Waals surface area contributed by atoms with Gasteiger partial charge in [-0.05, 0) is 25.0 Å². The molecule has 2 aliphatic rings. The van der Waals surface area contributed by atoms with Crippen LogP contribution in [0.3, 0.4) is 0 Å². The lowest BCUT2D eigenvalue weighted by Crippen LogP contribution is -2.37. The summed E-state index contributed by atoms with van der Waals surface area (Å²) in [7, 11) is 0. The minimum atomic E-state index is -0.277. The van der Waals surface area contributed by atoms with Crippen molar-refractivity contribution in [3.8, 4) is 0 Å². The molecule has 2 aliphatic heterocycles. The van der Waals surface area contributed by atoms with E-state index in [1.807, 2.05) is 17.0 Å². The van der Waals surface area contributed by atoms with E-state index in [4.69, 9.17) is 4.52 Å². The summed E-state index contributed by atoms with van der Waals surface area (Å²) in [5.74, 6) is 0.719. The summed E-state index contributed by atoms with van der Waals surface area (Å²) in [6, 6.07) is 8.10. The fourth-order valence-corrected chi connectivity index (χ4v) is 4.75. The number of likely N-dealkylation sites (tertiary alicyclic amines) is 2. The lowest BCUT2D eigenvalue weighted by Gasteiger charge is -2.30. The topological polar surface area (TPSA) is 86.9 Å². The van der Waals surface area contributed by atoms with Crippen LogP contribution in [0.15, 0.2) is 28.8 Å². The SMILES string of the molecule is CC(=O)N1C[C@H]2CN(C(=O)c3noc(C)c3CO)C[C@H]2[C@@H]1c1ccccc1C. The van der Waals surface area contributed by atoms with Crippen molar-refractivity contribution in [1.29, 1.82) is 0 Å². The molecule has 2 amide bonds. The Hall–Kier alpha value is -2.67. The van der Waals surface area contributed by atoms with Gasteiger partial charge in [-0.15, -0.1) is 0 Å². The van der Waals surface area contributed by atoms with E-state index in [0.29, 0.717) is 31.0 Å². The van der Waals surface area contributed by atoms with Crippen molar-refractivity contribution in [2.75, 3.05) is 19.6 Å². The zero-order chi connectivity index (χ0) is 20.0. The number of amides is 2. The number of aromatic nitrogens is 1. The normalized spacial score (nSPS) is 23.9. The van der Waals surface area contributed by atoms with E-state index in [-0.39, 0.29) is 42.0 Å². The number of carbonyl (C=O) groups is 2. The predicted molar refractivity (Wildman–Crippen MR) is 101 cm³/mol. The number of benzene rings is 1. The molecule has 2 fully saturated rings. The first kappa shape index (κ1) is 18.7. The quantitative estimate of drug-likeness (QED) is 0.877. The summed E-state index contributed by atoms with van der Waals surface area (Å²) in [5, 5.41) is 13.4. The van der Waals surface area contributed by atoms with Crippen LogP contribution in [-0.4, -0.2) is 51.5 Å². The molecule has 2 aromatic rings. The zero-order valence-corrected chi connectivity index (χ0v) is 16.4. The van der Waals surface area contributed by atoms with Gasteiger partial charge in [0.15, 0.2) is 5.69 Å². The average molecular weight is 383 g/mol. The number of hydrogen-bond donors (Lipinski definition) is 1. The summed E-state index contributed by atoms with van der Waals surface area (Å²) >= 11 is 0. The van der Waals surface area contributed by atoms with Crippen LogP contribution in [0.5, 0.6) is 0 Å². The van der Waals surface area contributed by atoms with Crippen LogP contribution in [0.2, 0.25) is 0 Å². The Labute approximate surface area is 163 Å². The highest BCUT2D eigenvalue weighted by Crippen LogP contribution is 2.46. The fraction of sp³-hybridized carbons (Fsp3) is 0.476. The van der Waals surface area contributed by atoms with Gasteiger partial charge in [0.05, 0.1) is 18.2 Å². The van der Waals surface area contributed by atoms with Crippen molar-refractivity contribution in [1.82, 2.24) is 15.0 Å². The number of aliphatic hydroxyl groups excluding tert-OH is 1. The zero-order valence-electron chi connectivity index (χ0n) is 16.4. The van der Waals surface area contributed by atoms with Crippen LogP contribution in [0, 0.1) is 25.7 Å². The Morgan fingerprint density at radius 1 is 1.21 bits per heavy atom. The molecule has 28 heavy (non-hydrogen) atoms. The molecule has 148 valence electrons. The molecule has 7 nitrogen and oxygen atoms in total. The average Bonchev–Trinajstić information content (AvgIpc) is 3.33. The third kappa shape index (κ3) is 2.90. The molecule has 3 heterocycles. The van der Waals surface area contributed by atoms with Crippen molar-refractivity contribution in [2.24, 2.45) is 11.8 Å². The van der Waals surface area contributed by atoms with Gasteiger partial charge in [0.1, 0.15) is 5.76 Å². The summed E-state index contributed by atoms with van der Waals surface area (Å²) in [4.78, 5) is 29.0. The molecular formula is C21H25N3O4. The van der Waals surface area contributed by atoms with Gasteiger partial charge < -0.3 is 19.4 Å². The molecular weight excluding hydrogens is 358 g/mol. The maximum Gasteiger partial charge on any atom is 0.276 e. The minimum absolute atomic E-state index is 0.0298. The van der Waals surface area contributed by atoms with E-state index in [1.54, 1.807) is 18.7 Å². The lowest BCUT2D eigenvalue weighted by molar-refractivity contribution is -0.130. The number of rotatable bonds is 3. The molecule has 0 radical (unpaired) electrons.